The first kappa shape index (κ1) is 13.3. The van der Waals surface area contributed by atoms with Gasteiger partial charge in [-0.25, -0.2) is 4.79 Å². The van der Waals surface area contributed by atoms with Crippen molar-refractivity contribution >= 4 is 6.09 Å². The molecule has 1 heterocycles. The Labute approximate surface area is 98.1 Å². The van der Waals surface area contributed by atoms with Gasteiger partial charge in [0.1, 0.15) is 5.60 Å². The van der Waals surface area contributed by atoms with Gasteiger partial charge in [0, 0.05) is 12.6 Å². The van der Waals surface area contributed by atoms with E-state index in [-0.39, 0.29) is 12.1 Å². The molecule has 1 fully saturated rings. The summed E-state index contributed by atoms with van der Waals surface area (Å²) in [6, 6.07) is 0.202. The Morgan fingerprint density at radius 1 is 1.50 bits per heavy atom. The second-order valence-corrected chi connectivity index (χ2v) is 5.41. The molecule has 1 saturated heterocycles. The molecule has 1 aliphatic rings. The van der Waals surface area contributed by atoms with E-state index >= 15 is 0 Å². The summed E-state index contributed by atoms with van der Waals surface area (Å²) in [5, 5.41) is 6.25. The predicted octanol–water partition coefficient (Wildman–Crippen LogP) is 1.90. The number of piperidine rings is 1. The molecule has 0 saturated carbocycles. The molecule has 0 aromatic carbocycles. The molecule has 4 heteroatoms. The van der Waals surface area contributed by atoms with Crippen LogP contribution in [0.1, 0.15) is 40.5 Å². The van der Waals surface area contributed by atoms with Crippen molar-refractivity contribution in [2.24, 2.45) is 5.92 Å². The van der Waals surface area contributed by atoms with Crippen molar-refractivity contribution in [3.63, 3.8) is 0 Å². The molecule has 0 bridgehead atoms. The Bertz CT molecular complexity index is 236. The van der Waals surface area contributed by atoms with Gasteiger partial charge in [-0.15, -0.1) is 0 Å². The summed E-state index contributed by atoms with van der Waals surface area (Å²) >= 11 is 0. The number of rotatable bonds is 2. The fourth-order valence-corrected chi connectivity index (χ4v) is 2.03. The van der Waals surface area contributed by atoms with Crippen LogP contribution in [0, 0.1) is 5.92 Å². The molecule has 0 aromatic heterocycles. The van der Waals surface area contributed by atoms with Gasteiger partial charge in [0.2, 0.25) is 0 Å². The molecule has 2 N–H and O–H groups in total. The van der Waals surface area contributed by atoms with Crippen LogP contribution in [0.5, 0.6) is 0 Å². The van der Waals surface area contributed by atoms with Gasteiger partial charge in [-0.2, -0.15) is 0 Å². The molecule has 1 rings (SSSR count). The van der Waals surface area contributed by atoms with Crippen LogP contribution in [0.2, 0.25) is 0 Å². The van der Waals surface area contributed by atoms with Crippen LogP contribution >= 0.6 is 0 Å². The lowest BCUT2D eigenvalue weighted by Crippen LogP contribution is -2.51. The van der Waals surface area contributed by atoms with E-state index in [2.05, 4.69) is 17.6 Å². The van der Waals surface area contributed by atoms with E-state index in [0.29, 0.717) is 5.92 Å². The van der Waals surface area contributed by atoms with Crippen LogP contribution in [-0.4, -0.2) is 30.8 Å². The summed E-state index contributed by atoms with van der Waals surface area (Å²) < 4.78 is 5.26. The monoisotopic (exact) mass is 228 g/mol. The minimum atomic E-state index is -0.423. The highest BCUT2D eigenvalue weighted by molar-refractivity contribution is 5.68. The molecule has 16 heavy (non-hydrogen) atoms. The second-order valence-electron chi connectivity index (χ2n) is 5.41. The number of ether oxygens (including phenoxy) is 1. The van der Waals surface area contributed by atoms with Gasteiger partial charge >= 0.3 is 6.09 Å². The maximum Gasteiger partial charge on any atom is 0.407 e. The summed E-state index contributed by atoms with van der Waals surface area (Å²) in [6.45, 7) is 9.69. The van der Waals surface area contributed by atoms with Crippen molar-refractivity contribution in [1.82, 2.24) is 10.6 Å². The van der Waals surface area contributed by atoms with Crippen LogP contribution in [-0.2, 0) is 4.74 Å². The molecule has 1 aliphatic heterocycles. The van der Waals surface area contributed by atoms with Crippen LogP contribution in [0.15, 0.2) is 0 Å². The van der Waals surface area contributed by atoms with Gasteiger partial charge in [0.15, 0.2) is 0 Å². The van der Waals surface area contributed by atoms with Crippen molar-refractivity contribution in [1.29, 1.82) is 0 Å². The van der Waals surface area contributed by atoms with E-state index in [1.165, 1.54) is 0 Å². The van der Waals surface area contributed by atoms with Gasteiger partial charge in [-0.05, 0) is 39.7 Å². The van der Waals surface area contributed by atoms with Crippen molar-refractivity contribution in [3.8, 4) is 0 Å². The number of carbonyl (C=O) groups excluding carboxylic acids is 1. The third-order valence-electron chi connectivity index (χ3n) is 2.85. The van der Waals surface area contributed by atoms with Gasteiger partial charge in [-0.3, -0.25) is 0 Å². The first-order valence-electron chi connectivity index (χ1n) is 6.12. The average molecular weight is 228 g/mol. The van der Waals surface area contributed by atoms with Gasteiger partial charge in [0.05, 0.1) is 0 Å². The Morgan fingerprint density at radius 2 is 2.19 bits per heavy atom. The lowest BCUT2D eigenvalue weighted by Gasteiger charge is -2.32. The lowest BCUT2D eigenvalue weighted by molar-refractivity contribution is 0.0474. The molecule has 4 nitrogen and oxygen atoms in total. The van der Waals surface area contributed by atoms with Crippen LogP contribution in [0.4, 0.5) is 4.79 Å². The lowest BCUT2D eigenvalue weighted by atomic mass is 9.90. The Morgan fingerprint density at radius 3 is 2.75 bits per heavy atom. The van der Waals surface area contributed by atoms with E-state index in [0.717, 1.165) is 25.9 Å². The van der Waals surface area contributed by atoms with Crippen LogP contribution in [0.25, 0.3) is 0 Å². The molecule has 0 radical (unpaired) electrons. The summed E-state index contributed by atoms with van der Waals surface area (Å²) in [7, 11) is 0. The first-order chi connectivity index (χ1) is 7.42. The highest BCUT2D eigenvalue weighted by Gasteiger charge is 2.26. The second kappa shape index (κ2) is 5.53. The normalized spacial score (nSPS) is 26.2. The fraction of sp³-hybridized carbons (Fsp3) is 0.917. The van der Waals surface area contributed by atoms with E-state index in [1.807, 2.05) is 20.8 Å². The summed E-state index contributed by atoms with van der Waals surface area (Å²) in [6.07, 6.45) is 1.92. The number of alkyl carbamates (subject to hydrolysis) is 1. The van der Waals surface area contributed by atoms with Crippen molar-refractivity contribution in [2.75, 3.05) is 13.1 Å². The number of carbonyl (C=O) groups is 1. The van der Waals surface area contributed by atoms with Gasteiger partial charge in [-0.1, -0.05) is 13.3 Å². The minimum Gasteiger partial charge on any atom is -0.444 e. The molecule has 2 atom stereocenters. The third kappa shape index (κ3) is 4.39. The topological polar surface area (TPSA) is 50.4 Å². The molecule has 0 unspecified atom stereocenters. The molecule has 0 spiro atoms. The number of hydrogen-bond donors (Lipinski definition) is 2. The Hall–Kier alpha value is -0.770. The zero-order chi connectivity index (χ0) is 12.2. The average Bonchev–Trinajstić information content (AvgIpc) is 2.15. The fourth-order valence-electron chi connectivity index (χ4n) is 2.03. The summed E-state index contributed by atoms with van der Waals surface area (Å²) in [5.41, 5.74) is -0.423. The van der Waals surface area contributed by atoms with Crippen molar-refractivity contribution < 1.29 is 9.53 Å². The van der Waals surface area contributed by atoms with Crippen LogP contribution < -0.4 is 10.6 Å². The number of hydrogen-bond acceptors (Lipinski definition) is 3. The minimum absolute atomic E-state index is 0.202. The highest BCUT2D eigenvalue weighted by Crippen LogP contribution is 2.17. The highest BCUT2D eigenvalue weighted by atomic mass is 16.6. The standard InChI is InChI=1S/C12H24N2O2/c1-5-9-6-7-13-8-10(9)14-11(15)16-12(2,3)4/h9-10,13H,5-8H2,1-4H3,(H,14,15)/t9-,10+/m0/s1. The molecule has 94 valence electrons. The van der Waals surface area contributed by atoms with Gasteiger partial charge in [0.25, 0.3) is 0 Å². The molecule has 0 aliphatic carbocycles. The zero-order valence-corrected chi connectivity index (χ0v) is 10.8. The third-order valence-corrected chi connectivity index (χ3v) is 2.85. The maximum absolute atomic E-state index is 11.6. The zero-order valence-electron chi connectivity index (χ0n) is 10.8. The van der Waals surface area contributed by atoms with E-state index in [9.17, 15) is 4.79 Å². The van der Waals surface area contributed by atoms with Crippen molar-refractivity contribution in [3.05, 3.63) is 0 Å². The first-order valence-corrected chi connectivity index (χ1v) is 6.12. The summed E-state index contributed by atoms with van der Waals surface area (Å²) in [4.78, 5) is 11.6. The van der Waals surface area contributed by atoms with Crippen LogP contribution in [0.3, 0.4) is 0 Å². The van der Waals surface area contributed by atoms with E-state index < -0.39 is 5.60 Å². The predicted molar refractivity (Wildman–Crippen MR) is 64.4 cm³/mol. The molecular formula is C12H24N2O2. The molecular weight excluding hydrogens is 204 g/mol. The van der Waals surface area contributed by atoms with E-state index in [1.54, 1.807) is 0 Å². The molecule has 1 amide bonds. The summed E-state index contributed by atoms with van der Waals surface area (Å²) in [5.74, 6) is 0.564. The Kier molecular flexibility index (Phi) is 4.59. The number of amides is 1. The smallest absolute Gasteiger partial charge is 0.407 e. The SMILES string of the molecule is CC[C@H]1CCNC[C@H]1NC(=O)OC(C)(C)C. The number of nitrogens with one attached hydrogen (secondary N) is 2. The van der Waals surface area contributed by atoms with Crippen molar-refractivity contribution in [2.45, 2.75) is 52.2 Å². The largest absolute Gasteiger partial charge is 0.444 e. The van der Waals surface area contributed by atoms with E-state index in [4.69, 9.17) is 4.74 Å². The molecule has 0 aromatic rings. The maximum atomic E-state index is 11.6. The Balaban J connectivity index is 2.42. The van der Waals surface area contributed by atoms with Gasteiger partial charge < -0.3 is 15.4 Å². The quantitative estimate of drug-likeness (QED) is 0.759.